The maximum absolute atomic E-state index is 5.55. The van der Waals surface area contributed by atoms with E-state index in [1.807, 2.05) is 18.2 Å². The van der Waals surface area contributed by atoms with Gasteiger partial charge in [0, 0.05) is 10.4 Å². The third-order valence-corrected chi connectivity index (χ3v) is 6.70. The minimum absolute atomic E-state index is 0.0773. The Kier molecular flexibility index (Phi) is 5.51. The van der Waals surface area contributed by atoms with Crippen LogP contribution in [0.3, 0.4) is 0 Å². The minimum Gasteiger partial charge on any atom is -0.496 e. The van der Waals surface area contributed by atoms with Crippen LogP contribution in [0.25, 0.3) is 10.2 Å². The lowest BCUT2D eigenvalue weighted by Gasteiger charge is -2.20. The van der Waals surface area contributed by atoms with Gasteiger partial charge in [0.05, 0.1) is 25.1 Å². The molecule has 0 amide bonds. The van der Waals surface area contributed by atoms with Gasteiger partial charge in [0.25, 0.3) is 0 Å². The molecule has 0 bridgehead atoms. The van der Waals surface area contributed by atoms with Gasteiger partial charge in [0.1, 0.15) is 22.2 Å². The van der Waals surface area contributed by atoms with Crippen molar-refractivity contribution in [2.45, 2.75) is 46.2 Å². The Morgan fingerprint density at radius 1 is 1.18 bits per heavy atom. The molecular formula is C22H28N4OS. The molecule has 4 rings (SSSR count). The molecule has 1 saturated heterocycles. The third-order valence-electron chi connectivity index (χ3n) is 5.60. The van der Waals surface area contributed by atoms with E-state index in [-0.39, 0.29) is 6.04 Å². The van der Waals surface area contributed by atoms with Gasteiger partial charge in [-0.15, -0.1) is 11.3 Å². The highest BCUT2D eigenvalue weighted by molar-refractivity contribution is 7.18. The lowest BCUT2D eigenvalue weighted by molar-refractivity contribution is 0.323. The number of ether oxygens (including phenoxy) is 1. The summed E-state index contributed by atoms with van der Waals surface area (Å²) in [5, 5.41) is 4.80. The number of anilines is 1. The Morgan fingerprint density at radius 2 is 1.93 bits per heavy atom. The molecule has 0 spiro atoms. The molecule has 3 heterocycles. The SMILES string of the molecule is COc1ccccc1C(C)Nc1nc(CN2CCCC2)nc2sc(C)c(C)c12. The summed E-state index contributed by atoms with van der Waals surface area (Å²) in [7, 11) is 1.72. The number of rotatable bonds is 6. The maximum atomic E-state index is 5.55. The van der Waals surface area contributed by atoms with Crippen LogP contribution in [-0.2, 0) is 6.54 Å². The number of benzene rings is 1. The molecule has 5 nitrogen and oxygen atoms in total. The zero-order valence-corrected chi connectivity index (χ0v) is 17.9. The lowest BCUT2D eigenvalue weighted by Crippen LogP contribution is -2.20. The molecule has 6 heteroatoms. The van der Waals surface area contributed by atoms with E-state index in [0.717, 1.165) is 52.8 Å². The second-order valence-corrected chi connectivity index (χ2v) is 8.75. The average molecular weight is 397 g/mol. The number of nitrogens with one attached hydrogen (secondary N) is 1. The summed E-state index contributed by atoms with van der Waals surface area (Å²) in [6, 6.07) is 8.23. The van der Waals surface area contributed by atoms with Crippen molar-refractivity contribution in [3.8, 4) is 5.75 Å². The van der Waals surface area contributed by atoms with Crippen LogP contribution in [0.2, 0.25) is 0 Å². The van der Waals surface area contributed by atoms with Crippen molar-refractivity contribution in [1.29, 1.82) is 0 Å². The molecule has 1 aliphatic rings. The average Bonchev–Trinajstić information content (AvgIpc) is 3.29. The van der Waals surface area contributed by atoms with Gasteiger partial charge < -0.3 is 10.1 Å². The van der Waals surface area contributed by atoms with E-state index in [9.17, 15) is 0 Å². The summed E-state index contributed by atoms with van der Waals surface area (Å²) < 4.78 is 5.55. The summed E-state index contributed by atoms with van der Waals surface area (Å²) >= 11 is 1.76. The summed E-state index contributed by atoms with van der Waals surface area (Å²) in [5.41, 5.74) is 2.39. The quantitative estimate of drug-likeness (QED) is 0.629. The van der Waals surface area contributed by atoms with Crippen LogP contribution < -0.4 is 10.1 Å². The molecule has 0 radical (unpaired) electrons. The summed E-state index contributed by atoms with van der Waals surface area (Å²) in [6.45, 7) is 9.59. The van der Waals surface area contributed by atoms with Gasteiger partial charge in [-0.05, 0) is 58.3 Å². The van der Waals surface area contributed by atoms with Gasteiger partial charge in [-0.3, -0.25) is 4.90 Å². The number of hydrogen-bond acceptors (Lipinski definition) is 6. The fourth-order valence-electron chi connectivity index (χ4n) is 3.92. The van der Waals surface area contributed by atoms with E-state index in [1.165, 1.54) is 23.3 Å². The molecule has 1 aliphatic heterocycles. The number of fused-ring (bicyclic) bond motifs is 1. The first-order valence-electron chi connectivity index (χ1n) is 9.95. The molecule has 28 heavy (non-hydrogen) atoms. The number of nitrogens with zero attached hydrogens (tertiary/aromatic N) is 3. The van der Waals surface area contributed by atoms with Gasteiger partial charge in [-0.1, -0.05) is 18.2 Å². The van der Waals surface area contributed by atoms with Crippen molar-refractivity contribution in [3.63, 3.8) is 0 Å². The van der Waals surface area contributed by atoms with Gasteiger partial charge >= 0.3 is 0 Å². The number of aromatic nitrogens is 2. The van der Waals surface area contributed by atoms with Crippen molar-refractivity contribution in [3.05, 3.63) is 46.1 Å². The zero-order valence-electron chi connectivity index (χ0n) is 17.1. The number of thiophene rings is 1. The van der Waals surface area contributed by atoms with Crippen molar-refractivity contribution in [1.82, 2.24) is 14.9 Å². The fourth-order valence-corrected chi connectivity index (χ4v) is 4.96. The monoisotopic (exact) mass is 396 g/mol. The maximum Gasteiger partial charge on any atom is 0.146 e. The van der Waals surface area contributed by atoms with Crippen LogP contribution >= 0.6 is 11.3 Å². The second-order valence-electron chi connectivity index (χ2n) is 7.54. The molecule has 0 saturated carbocycles. The summed E-state index contributed by atoms with van der Waals surface area (Å²) in [4.78, 5) is 14.7. The molecule has 1 aromatic carbocycles. The van der Waals surface area contributed by atoms with Crippen LogP contribution in [0, 0.1) is 13.8 Å². The van der Waals surface area contributed by atoms with Gasteiger partial charge in [0.15, 0.2) is 0 Å². The van der Waals surface area contributed by atoms with Gasteiger partial charge in [-0.2, -0.15) is 0 Å². The van der Waals surface area contributed by atoms with E-state index < -0.39 is 0 Å². The minimum atomic E-state index is 0.0773. The van der Waals surface area contributed by atoms with Crippen molar-refractivity contribution >= 4 is 27.4 Å². The van der Waals surface area contributed by atoms with Crippen molar-refractivity contribution in [2.24, 2.45) is 0 Å². The standard InChI is InChI=1S/C22H28N4OS/c1-14-16(3)28-22-20(14)21(24-19(25-22)13-26-11-7-8-12-26)23-15(2)17-9-5-6-10-18(17)27-4/h5-6,9-10,15H,7-8,11-13H2,1-4H3,(H,23,24,25). The molecule has 148 valence electrons. The predicted molar refractivity (Wildman–Crippen MR) is 116 cm³/mol. The topological polar surface area (TPSA) is 50.3 Å². The smallest absolute Gasteiger partial charge is 0.146 e. The summed E-state index contributed by atoms with van der Waals surface area (Å²) in [5.74, 6) is 2.73. The highest BCUT2D eigenvalue weighted by Gasteiger charge is 2.20. The first-order valence-corrected chi connectivity index (χ1v) is 10.8. The summed E-state index contributed by atoms with van der Waals surface area (Å²) in [6.07, 6.45) is 2.55. The van der Waals surface area contributed by atoms with Crippen LogP contribution in [0.5, 0.6) is 5.75 Å². The highest BCUT2D eigenvalue weighted by Crippen LogP contribution is 2.36. The van der Waals surface area contributed by atoms with E-state index >= 15 is 0 Å². The molecule has 1 fully saturated rings. The molecule has 1 unspecified atom stereocenters. The van der Waals surface area contributed by atoms with Crippen LogP contribution in [0.1, 0.15) is 47.6 Å². The first kappa shape index (κ1) is 19.2. The highest BCUT2D eigenvalue weighted by atomic mass is 32.1. The number of hydrogen-bond donors (Lipinski definition) is 1. The molecule has 0 aliphatic carbocycles. The zero-order chi connectivity index (χ0) is 19.7. The Morgan fingerprint density at radius 3 is 2.68 bits per heavy atom. The van der Waals surface area contributed by atoms with Crippen LogP contribution in [0.15, 0.2) is 24.3 Å². The lowest BCUT2D eigenvalue weighted by atomic mass is 10.1. The fraction of sp³-hybridized carbons (Fsp3) is 0.455. The predicted octanol–water partition coefficient (Wildman–Crippen LogP) is 5.09. The van der Waals surface area contributed by atoms with E-state index in [2.05, 4.69) is 37.1 Å². The molecular weight excluding hydrogens is 368 g/mol. The molecule has 2 aromatic heterocycles. The number of para-hydroxylation sites is 1. The Labute approximate surface area is 170 Å². The Balaban J connectivity index is 1.71. The van der Waals surface area contributed by atoms with Crippen LogP contribution in [0.4, 0.5) is 5.82 Å². The molecule has 3 aromatic rings. The number of methoxy groups -OCH3 is 1. The molecule has 1 atom stereocenters. The van der Waals surface area contributed by atoms with E-state index in [1.54, 1.807) is 18.4 Å². The Hall–Kier alpha value is -2.18. The number of likely N-dealkylation sites (tertiary alicyclic amines) is 1. The molecule has 1 N–H and O–H groups in total. The van der Waals surface area contributed by atoms with Crippen molar-refractivity contribution in [2.75, 3.05) is 25.5 Å². The number of aryl methyl sites for hydroxylation is 2. The third kappa shape index (κ3) is 3.71. The first-order chi connectivity index (χ1) is 13.6. The van der Waals surface area contributed by atoms with Gasteiger partial charge in [0.2, 0.25) is 0 Å². The largest absolute Gasteiger partial charge is 0.496 e. The second kappa shape index (κ2) is 8.05. The van der Waals surface area contributed by atoms with E-state index in [4.69, 9.17) is 14.7 Å². The van der Waals surface area contributed by atoms with Crippen LogP contribution in [-0.4, -0.2) is 35.1 Å². The van der Waals surface area contributed by atoms with E-state index in [0.29, 0.717) is 0 Å². The normalized spacial score (nSPS) is 15.9. The van der Waals surface area contributed by atoms with Crippen molar-refractivity contribution < 1.29 is 4.74 Å². The van der Waals surface area contributed by atoms with Gasteiger partial charge in [-0.25, -0.2) is 9.97 Å². The Bertz CT molecular complexity index is 978.